The van der Waals surface area contributed by atoms with Crippen molar-refractivity contribution in [1.82, 2.24) is 4.90 Å². The fourth-order valence-electron chi connectivity index (χ4n) is 0.937. The van der Waals surface area contributed by atoms with Crippen LogP contribution in [-0.4, -0.2) is 32.1 Å². The van der Waals surface area contributed by atoms with Crippen LogP contribution >= 0.6 is 0 Å². The Balaban J connectivity index is 0. The van der Waals surface area contributed by atoms with Gasteiger partial charge in [-0.2, -0.15) is 0 Å². The van der Waals surface area contributed by atoms with Crippen molar-refractivity contribution < 1.29 is 0 Å². The van der Waals surface area contributed by atoms with Gasteiger partial charge in [0.2, 0.25) is 0 Å². The summed E-state index contributed by atoms with van der Waals surface area (Å²) in [5.41, 5.74) is 4.50. The molecule has 1 aliphatic heterocycles. The summed E-state index contributed by atoms with van der Waals surface area (Å²) in [6.45, 7) is 6.47. The van der Waals surface area contributed by atoms with Gasteiger partial charge in [-0.05, 0) is 26.9 Å². The normalized spacial score (nSPS) is 16.4. The summed E-state index contributed by atoms with van der Waals surface area (Å²) in [4.78, 5) is 2.36. The molecule has 0 saturated heterocycles. The molecular weight excluding hydrogens is 148 g/mol. The lowest BCUT2D eigenvalue weighted by Gasteiger charge is -2.10. The Bertz CT molecular complexity index is 79.8. The Labute approximate surface area is 77.4 Å². The third-order valence-corrected chi connectivity index (χ3v) is 1.52. The van der Waals surface area contributed by atoms with Crippen molar-refractivity contribution in [3.8, 4) is 0 Å². The van der Waals surface area contributed by atoms with Gasteiger partial charge in [-0.25, -0.2) is 0 Å². The zero-order valence-corrected chi connectivity index (χ0v) is 9.01. The maximum atomic E-state index is 4.50. The molecule has 0 bridgehead atoms. The van der Waals surface area contributed by atoms with Crippen molar-refractivity contribution in [2.75, 3.05) is 27.2 Å². The summed E-state index contributed by atoms with van der Waals surface area (Å²) in [6, 6.07) is 0. The lowest BCUT2D eigenvalue weighted by molar-refractivity contribution is 0.354. The first kappa shape index (κ1) is 14.2. The van der Waals surface area contributed by atoms with Crippen LogP contribution in [0.2, 0.25) is 0 Å². The molecule has 1 heterocycles. The smallest absolute Gasteiger partial charge is 0.00130 e. The molecule has 2 heteroatoms. The van der Waals surface area contributed by atoms with E-state index >= 15 is 0 Å². The van der Waals surface area contributed by atoms with E-state index in [2.05, 4.69) is 29.8 Å². The van der Waals surface area contributed by atoms with Crippen molar-refractivity contribution in [2.24, 2.45) is 5.73 Å². The molecule has 0 aromatic carbocycles. The van der Waals surface area contributed by atoms with Crippen LogP contribution in [0.5, 0.6) is 0 Å². The van der Waals surface area contributed by atoms with Crippen LogP contribution in [0.25, 0.3) is 0 Å². The molecule has 74 valence electrons. The number of hydrogen-bond donors (Lipinski definition) is 1. The Morgan fingerprint density at radius 3 is 1.67 bits per heavy atom. The summed E-state index contributed by atoms with van der Waals surface area (Å²) in [5.74, 6) is 0. The molecule has 0 radical (unpaired) electrons. The number of nitrogens with zero attached hydrogens (tertiary/aromatic N) is 1. The van der Waals surface area contributed by atoms with Crippen molar-refractivity contribution >= 4 is 0 Å². The van der Waals surface area contributed by atoms with Crippen LogP contribution in [0.15, 0.2) is 12.2 Å². The minimum Gasteiger partial charge on any atom is -0.333 e. The molecule has 0 unspecified atom stereocenters. The first-order valence-corrected chi connectivity index (χ1v) is 4.81. The van der Waals surface area contributed by atoms with Crippen LogP contribution in [0.3, 0.4) is 0 Å². The molecule has 0 spiro atoms. The predicted molar refractivity (Wildman–Crippen MR) is 57.3 cm³/mol. The summed E-state index contributed by atoms with van der Waals surface area (Å²) < 4.78 is 0. The maximum Gasteiger partial charge on any atom is 0.00130 e. The van der Waals surface area contributed by atoms with Gasteiger partial charge in [0.05, 0.1) is 0 Å². The zero-order chi connectivity index (χ0) is 9.82. The van der Waals surface area contributed by atoms with E-state index in [1.165, 1.54) is 33.0 Å². The average Bonchev–Trinajstić information content (AvgIpc) is 2.40. The quantitative estimate of drug-likeness (QED) is 0.565. The molecular formula is C10H24N2. The zero-order valence-electron chi connectivity index (χ0n) is 9.01. The van der Waals surface area contributed by atoms with Crippen LogP contribution < -0.4 is 5.73 Å². The highest BCUT2D eigenvalue weighted by molar-refractivity contribution is 4.85. The highest BCUT2D eigenvalue weighted by atomic mass is 15.1. The van der Waals surface area contributed by atoms with Gasteiger partial charge < -0.3 is 10.6 Å². The lowest BCUT2D eigenvalue weighted by atomic mass is 10.4. The van der Waals surface area contributed by atoms with Gasteiger partial charge in [0.15, 0.2) is 0 Å². The van der Waals surface area contributed by atoms with E-state index in [9.17, 15) is 0 Å². The van der Waals surface area contributed by atoms with Gasteiger partial charge in [-0.3, -0.25) is 0 Å². The third kappa shape index (κ3) is 9.66. The Morgan fingerprint density at radius 1 is 1.00 bits per heavy atom. The van der Waals surface area contributed by atoms with Crippen LogP contribution in [0.1, 0.15) is 26.7 Å². The molecule has 12 heavy (non-hydrogen) atoms. The highest BCUT2D eigenvalue weighted by Gasteiger charge is 1.96. The molecule has 1 rings (SSSR count). The average molecular weight is 172 g/mol. The van der Waals surface area contributed by atoms with E-state index in [1.807, 2.05) is 13.8 Å². The van der Waals surface area contributed by atoms with Crippen molar-refractivity contribution in [3.05, 3.63) is 12.2 Å². The Kier molecular flexibility index (Phi) is 15.7. The monoisotopic (exact) mass is 172 g/mol. The molecule has 0 aromatic rings. The van der Waals surface area contributed by atoms with Gasteiger partial charge in [0.1, 0.15) is 0 Å². The second-order valence-corrected chi connectivity index (χ2v) is 2.35. The second kappa shape index (κ2) is 13.3. The van der Waals surface area contributed by atoms with Gasteiger partial charge in [0.25, 0.3) is 0 Å². The van der Waals surface area contributed by atoms with E-state index in [1.54, 1.807) is 0 Å². The van der Waals surface area contributed by atoms with E-state index in [0.29, 0.717) is 0 Å². The Hall–Kier alpha value is -0.340. The van der Waals surface area contributed by atoms with Crippen LogP contribution in [-0.2, 0) is 0 Å². The molecule has 0 aromatic heterocycles. The summed E-state index contributed by atoms with van der Waals surface area (Å²) in [6.07, 6.45) is 7.00. The second-order valence-electron chi connectivity index (χ2n) is 2.35. The van der Waals surface area contributed by atoms with Crippen molar-refractivity contribution in [3.63, 3.8) is 0 Å². The third-order valence-electron chi connectivity index (χ3n) is 1.52. The van der Waals surface area contributed by atoms with Gasteiger partial charge in [0, 0.05) is 13.1 Å². The maximum absolute atomic E-state index is 4.50. The molecule has 0 atom stereocenters. The minimum absolute atomic E-state index is 1.23. The lowest BCUT2D eigenvalue weighted by Crippen LogP contribution is -2.18. The molecule has 0 saturated carbocycles. The van der Waals surface area contributed by atoms with Crippen molar-refractivity contribution in [2.45, 2.75) is 26.7 Å². The predicted octanol–water partition coefficient (Wildman–Crippen LogP) is 1.87. The number of nitrogens with two attached hydrogens (primary N) is 1. The standard InChI is InChI=1S/C7H13N.C2H6.CH5N/c1-8-6-4-2-3-5-7-8;2*1-2/h2-3H,4-7H2,1H3;1-2H3;2H2,1H3. The molecule has 0 aliphatic carbocycles. The molecule has 0 amide bonds. The van der Waals surface area contributed by atoms with Gasteiger partial charge >= 0.3 is 0 Å². The minimum atomic E-state index is 1.23. The summed E-state index contributed by atoms with van der Waals surface area (Å²) in [5, 5.41) is 0. The van der Waals surface area contributed by atoms with Gasteiger partial charge in [-0.1, -0.05) is 26.0 Å². The molecule has 2 N–H and O–H groups in total. The van der Waals surface area contributed by atoms with E-state index in [-0.39, 0.29) is 0 Å². The Morgan fingerprint density at radius 2 is 1.33 bits per heavy atom. The summed E-state index contributed by atoms with van der Waals surface area (Å²) >= 11 is 0. The number of hydrogen-bond acceptors (Lipinski definition) is 2. The van der Waals surface area contributed by atoms with Crippen molar-refractivity contribution in [1.29, 1.82) is 0 Å². The molecule has 0 fully saturated rings. The fourth-order valence-corrected chi connectivity index (χ4v) is 0.937. The topological polar surface area (TPSA) is 29.3 Å². The fraction of sp³-hybridized carbons (Fsp3) is 0.800. The first-order chi connectivity index (χ1) is 5.89. The van der Waals surface area contributed by atoms with E-state index in [0.717, 1.165) is 0 Å². The molecule has 2 nitrogen and oxygen atoms in total. The summed E-state index contributed by atoms with van der Waals surface area (Å²) in [7, 11) is 3.67. The first-order valence-electron chi connectivity index (χ1n) is 4.81. The van der Waals surface area contributed by atoms with Crippen LogP contribution in [0.4, 0.5) is 0 Å². The van der Waals surface area contributed by atoms with Gasteiger partial charge in [-0.15, -0.1) is 0 Å². The number of rotatable bonds is 0. The van der Waals surface area contributed by atoms with Crippen LogP contribution in [0, 0.1) is 0 Å². The highest BCUT2D eigenvalue weighted by Crippen LogP contribution is 1.98. The largest absolute Gasteiger partial charge is 0.333 e. The molecule has 1 aliphatic rings. The SMILES string of the molecule is CC.CN.CN1CCC=CCC1. The van der Waals surface area contributed by atoms with E-state index in [4.69, 9.17) is 0 Å². The van der Waals surface area contributed by atoms with E-state index < -0.39 is 0 Å².